The molecule has 0 saturated carbocycles. The van der Waals surface area contributed by atoms with Crippen molar-refractivity contribution in [3.05, 3.63) is 65.6 Å². The molecule has 6 nitrogen and oxygen atoms in total. The summed E-state index contributed by atoms with van der Waals surface area (Å²) in [5.41, 5.74) is 5.85. The highest BCUT2D eigenvalue weighted by atomic mass is 15.3. The summed E-state index contributed by atoms with van der Waals surface area (Å²) in [6.45, 7) is 4.06. The summed E-state index contributed by atoms with van der Waals surface area (Å²) >= 11 is 0. The van der Waals surface area contributed by atoms with Crippen LogP contribution in [0.15, 0.2) is 42.7 Å². The van der Waals surface area contributed by atoms with Crippen LogP contribution in [0.3, 0.4) is 0 Å². The molecule has 4 heterocycles. The maximum absolute atomic E-state index is 4.73. The van der Waals surface area contributed by atoms with Gasteiger partial charge in [-0.2, -0.15) is 5.10 Å². The number of hydrogen-bond donors (Lipinski definition) is 0. The molecular formula is C19H20N6. The summed E-state index contributed by atoms with van der Waals surface area (Å²) in [5, 5.41) is 4.71. The number of nitrogens with zero attached hydrogens (tertiary/aromatic N) is 6. The van der Waals surface area contributed by atoms with E-state index in [2.05, 4.69) is 14.5 Å². The minimum atomic E-state index is 0.828. The Morgan fingerprint density at radius 2 is 1.84 bits per heavy atom. The van der Waals surface area contributed by atoms with Crippen LogP contribution in [0.5, 0.6) is 0 Å². The second-order valence-electron chi connectivity index (χ2n) is 6.25. The SMILES string of the molecule is Cc1nc2ccc(CCc3nc(-c4ccccn4)cn3C)nn2c1C. The Kier molecular flexibility index (Phi) is 3.80. The van der Waals surface area contributed by atoms with E-state index in [0.29, 0.717) is 0 Å². The minimum absolute atomic E-state index is 0.828. The largest absolute Gasteiger partial charge is 0.337 e. The van der Waals surface area contributed by atoms with Crippen LogP contribution >= 0.6 is 0 Å². The molecule has 0 aliphatic heterocycles. The molecule has 0 saturated heterocycles. The first-order valence-corrected chi connectivity index (χ1v) is 8.37. The highest BCUT2D eigenvalue weighted by molar-refractivity contribution is 5.52. The Morgan fingerprint density at radius 3 is 2.64 bits per heavy atom. The topological polar surface area (TPSA) is 60.9 Å². The minimum Gasteiger partial charge on any atom is -0.337 e. The lowest BCUT2D eigenvalue weighted by Gasteiger charge is -2.03. The van der Waals surface area contributed by atoms with Gasteiger partial charge < -0.3 is 4.57 Å². The zero-order valence-electron chi connectivity index (χ0n) is 14.6. The van der Waals surface area contributed by atoms with Crippen molar-refractivity contribution < 1.29 is 0 Å². The molecule has 0 bridgehead atoms. The molecule has 126 valence electrons. The number of rotatable bonds is 4. The van der Waals surface area contributed by atoms with Crippen molar-refractivity contribution in [2.75, 3.05) is 0 Å². The Balaban J connectivity index is 1.55. The smallest absolute Gasteiger partial charge is 0.154 e. The van der Waals surface area contributed by atoms with E-state index in [1.807, 2.05) is 61.9 Å². The van der Waals surface area contributed by atoms with Gasteiger partial charge >= 0.3 is 0 Å². The molecule has 4 aromatic rings. The average molecular weight is 332 g/mol. The molecule has 0 amide bonds. The highest BCUT2D eigenvalue weighted by Crippen LogP contribution is 2.16. The third kappa shape index (κ3) is 2.91. The molecule has 0 radical (unpaired) electrons. The Labute approximate surface area is 146 Å². The van der Waals surface area contributed by atoms with Crippen LogP contribution in [0.4, 0.5) is 0 Å². The van der Waals surface area contributed by atoms with Crippen molar-refractivity contribution in [2.24, 2.45) is 7.05 Å². The molecule has 0 aliphatic rings. The summed E-state index contributed by atoms with van der Waals surface area (Å²) in [6, 6.07) is 9.94. The van der Waals surface area contributed by atoms with Crippen molar-refractivity contribution in [1.29, 1.82) is 0 Å². The van der Waals surface area contributed by atoms with E-state index in [-0.39, 0.29) is 0 Å². The Bertz CT molecular complexity index is 1030. The maximum atomic E-state index is 4.73. The first-order chi connectivity index (χ1) is 12.1. The molecule has 0 unspecified atom stereocenters. The first-order valence-electron chi connectivity index (χ1n) is 8.37. The van der Waals surface area contributed by atoms with Gasteiger partial charge in [0.1, 0.15) is 11.5 Å². The van der Waals surface area contributed by atoms with Crippen LogP contribution in [-0.4, -0.2) is 29.1 Å². The van der Waals surface area contributed by atoms with Gasteiger partial charge in [-0.25, -0.2) is 14.5 Å². The van der Waals surface area contributed by atoms with Gasteiger partial charge in [-0.3, -0.25) is 4.98 Å². The lowest BCUT2D eigenvalue weighted by molar-refractivity contribution is 0.741. The molecule has 0 aliphatic carbocycles. The van der Waals surface area contributed by atoms with E-state index in [0.717, 1.165) is 52.8 Å². The van der Waals surface area contributed by atoms with E-state index in [9.17, 15) is 0 Å². The van der Waals surface area contributed by atoms with Crippen molar-refractivity contribution in [3.8, 4) is 11.4 Å². The van der Waals surface area contributed by atoms with Crippen LogP contribution < -0.4 is 0 Å². The van der Waals surface area contributed by atoms with Crippen molar-refractivity contribution in [3.63, 3.8) is 0 Å². The quantitative estimate of drug-likeness (QED) is 0.576. The van der Waals surface area contributed by atoms with Crippen molar-refractivity contribution >= 4 is 5.65 Å². The number of imidazole rings is 2. The van der Waals surface area contributed by atoms with E-state index in [1.165, 1.54) is 0 Å². The van der Waals surface area contributed by atoms with Gasteiger partial charge in [-0.1, -0.05) is 6.07 Å². The molecule has 0 N–H and O–H groups in total. The summed E-state index contributed by atoms with van der Waals surface area (Å²) in [7, 11) is 2.02. The van der Waals surface area contributed by atoms with Gasteiger partial charge in [0.25, 0.3) is 0 Å². The zero-order valence-corrected chi connectivity index (χ0v) is 14.6. The second-order valence-corrected chi connectivity index (χ2v) is 6.25. The van der Waals surface area contributed by atoms with Gasteiger partial charge in [0.2, 0.25) is 0 Å². The number of pyridine rings is 1. The highest BCUT2D eigenvalue weighted by Gasteiger charge is 2.10. The standard InChI is InChI=1S/C19H20N6/c1-13-14(2)25-19(21-13)10-8-15(23-25)7-9-18-22-17(12-24(18)3)16-6-4-5-11-20-16/h4-6,8,10-12H,7,9H2,1-3H3. The van der Waals surface area contributed by atoms with Crippen LogP contribution in [0.25, 0.3) is 17.0 Å². The van der Waals surface area contributed by atoms with Crippen LogP contribution in [0, 0.1) is 13.8 Å². The van der Waals surface area contributed by atoms with E-state index < -0.39 is 0 Å². The fourth-order valence-electron chi connectivity index (χ4n) is 2.94. The normalized spacial score (nSPS) is 11.3. The number of aromatic nitrogens is 6. The predicted molar refractivity (Wildman–Crippen MR) is 96.3 cm³/mol. The van der Waals surface area contributed by atoms with Crippen LogP contribution in [0.1, 0.15) is 22.9 Å². The monoisotopic (exact) mass is 332 g/mol. The zero-order chi connectivity index (χ0) is 17.4. The number of fused-ring (bicyclic) bond motifs is 1. The van der Waals surface area contributed by atoms with E-state index >= 15 is 0 Å². The molecule has 6 heteroatoms. The first kappa shape index (κ1) is 15.5. The van der Waals surface area contributed by atoms with Gasteiger partial charge in [0, 0.05) is 25.9 Å². The van der Waals surface area contributed by atoms with E-state index in [4.69, 9.17) is 10.1 Å². The fraction of sp³-hybridized carbons (Fsp3) is 0.263. The van der Waals surface area contributed by atoms with Crippen LogP contribution in [0.2, 0.25) is 0 Å². The molecule has 0 atom stereocenters. The second kappa shape index (κ2) is 6.12. The molecule has 4 aromatic heterocycles. The van der Waals surface area contributed by atoms with Gasteiger partial charge in [-0.05, 0) is 44.5 Å². The predicted octanol–water partition coefficient (Wildman–Crippen LogP) is 2.93. The molecule has 0 fully saturated rings. The summed E-state index contributed by atoms with van der Waals surface area (Å²) in [4.78, 5) is 13.6. The van der Waals surface area contributed by atoms with Crippen molar-refractivity contribution in [1.82, 2.24) is 29.1 Å². The average Bonchev–Trinajstić information content (AvgIpc) is 3.14. The lowest BCUT2D eigenvalue weighted by atomic mass is 10.2. The Morgan fingerprint density at radius 1 is 0.960 bits per heavy atom. The summed E-state index contributed by atoms with van der Waals surface area (Å²) in [6.07, 6.45) is 5.48. The third-order valence-corrected chi connectivity index (χ3v) is 4.50. The molecule has 0 spiro atoms. The molecule has 0 aromatic carbocycles. The van der Waals surface area contributed by atoms with Gasteiger partial charge in [0.05, 0.1) is 22.8 Å². The van der Waals surface area contributed by atoms with E-state index in [1.54, 1.807) is 6.20 Å². The molecule has 25 heavy (non-hydrogen) atoms. The van der Waals surface area contributed by atoms with Crippen LogP contribution in [-0.2, 0) is 19.9 Å². The number of hydrogen-bond acceptors (Lipinski definition) is 4. The third-order valence-electron chi connectivity index (χ3n) is 4.50. The molecular weight excluding hydrogens is 312 g/mol. The Hall–Kier alpha value is -3.02. The van der Waals surface area contributed by atoms with Gasteiger partial charge in [0.15, 0.2) is 5.65 Å². The maximum Gasteiger partial charge on any atom is 0.154 e. The summed E-state index contributed by atoms with van der Waals surface area (Å²) in [5.74, 6) is 1.03. The van der Waals surface area contributed by atoms with Gasteiger partial charge in [-0.15, -0.1) is 0 Å². The fourth-order valence-corrected chi connectivity index (χ4v) is 2.94. The van der Waals surface area contributed by atoms with Crippen molar-refractivity contribution in [2.45, 2.75) is 26.7 Å². The summed E-state index contributed by atoms with van der Waals surface area (Å²) < 4.78 is 3.98. The lowest BCUT2D eigenvalue weighted by Crippen LogP contribution is -2.04. The molecule has 4 rings (SSSR count). The number of aryl methyl sites for hydroxylation is 5.